The molecule has 2 heterocycles. The van der Waals surface area contributed by atoms with Gasteiger partial charge in [0.15, 0.2) is 5.96 Å². The normalized spacial score (nSPS) is 18.6. The van der Waals surface area contributed by atoms with Crippen molar-refractivity contribution in [3.05, 3.63) is 52.2 Å². The fourth-order valence-corrected chi connectivity index (χ4v) is 5.62. The number of thiophene rings is 1. The van der Waals surface area contributed by atoms with Crippen LogP contribution in [0.3, 0.4) is 0 Å². The van der Waals surface area contributed by atoms with Crippen LogP contribution in [-0.4, -0.2) is 38.3 Å². The van der Waals surface area contributed by atoms with Crippen LogP contribution in [0.1, 0.15) is 37.1 Å². The highest BCUT2D eigenvalue weighted by molar-refractivity contribution is 7.89. The molecule has 0 spiro atoms. The Hall–Kier alpha value is -1.90. The number of aliphatic imine (C=N–C) groups is 1. The fraction of sp³-hybridized carbons (Fsp3) is 0.476. The van der Waals surface area contributed by atoms with Crippen molar-refractivity contribution in [2.45, 2.75) is 44.7 Å². The maximum Gasteiger partial charge on any atom is 0.243 e. The Morgan fingerprint density at radius 3 is 2.69 bits per heavy atom. The fourth-order valence-electron chi connectivity index (χ4n) is 3.38. The maximum atomic E-state index is 12.9. The number of sulfonamides is 1. The first-order chi connectivity index (χ1) is 14.0. The van der Waals surface area contributed by atoms with Crippen LogP contribution >= 0.6 is 11.3 Å². The molecular formula is C21H30N4O2S2. The van der Waals surface area contributed by atoms with Crippen molar-refractivity contribution in [1.29, 1.82) is 0 Å². The molecule has 1 aromatic carbocycles. The molecule has 1 unspecified atom stereocenters. The first-order valence-corrected chi connectivity index (χ1v) is 12.4. The smallest absolute Gasteiger partial charge is 0.243 e. The lowest BCUT2D eigenvalue weighted by Crippen LogP contribution is -2.39. The van der Waals surface area contributed by atoms with Crippen molar-refractivity contribution in [2.24, 2.45) is 10.9 Å². The second-order valence-electron chi connectivity index (χ2n) is 7.38. The Balaban J connectivity index is 1.63. The first-order valence-electron chi connectivity index (χ1n) is 10.1. The third-order valence-corrected chi connectivity index (χ3v) is 7.71. The number of guanidine groups is 1. The van der Waals surface area contributed by atoms with Crippen molar-refractivity contribution in [3.8, 4) is 0 Å². The number of benzene rings is 1. The molecule has 1 atom stereocenters. The van der Waals surface area contributed by atoms with Gasteiger partial charge >= 0.3 is 0 Å². The second-order valence-corrected chi connectivity index (χ2v) is 10.4. The van der Waals surface area contributed by atoms with Gasteiger partial charge < -0.3 is 10.6 Å². The van der Waals surface area contributed by atoms with Crippen molar-refractivity contribution >= 4 is 27.3 Å². The predicted octanol–water partition coefficient (Wildman–Crippen LogP) is 3.42. The molecule has 1 aliphatic heterocycles. The zero-order valence-electron chi connectivity index (χ0n) is 17.1. The first kappa shape index (κ1) is 21.8. The number of piperidine rings is 1. The Morgan fingerprint density at radius 1 is 1.24 bits per heavy atom. The van der Waals surface area contributed by atoms with E-state index in [1.165, 1.54) is 4.88 Å². The van der Waals surface area contributed by atoms with Gasteiger partial charge in [-0.1, -0.05) is 25.1 Å². The average molecular weight is 435 g/mol. The number of hydrogen-bond acceptors (Lipinski definition) is 4. The Kier molecular flexibility index (Phi) is 7.69. The zero-order chi connectivity index (χ0) is 20.7. The number of rotatable bonds is 7. The van der Waals surface area contributed by atoms with Gasteiger partial charge in [0, 0.05) is 24.5 Å². The Morgan fingerprint density at radius 2 is 2.03 bits per heavy atom. The number of hydrogen-bond donors (Lipinski definition) is 2. The summed E-state index contributed by atoms with van der Waals surface area (Å²) in [5.74, 6) is 1.17. The van der Waals surface area contributed by atoms with Crippen molar-refractivity contribution in [1.82, 2.24) is 14.9 Å². The standard InChI is InChI=1S/C21H30N4O2S2/c1-3-22-21(24-15-19-7-5-13-28-19)23-14-18-8-10-20(11-9-18)29(26,27)25-12-4-6-17(2)16-25/h5,7-11,13,17H,3-4,6,12,14-16H2,1-2H3,(H2,22,23,24). The molecule has 2 N–H and O–H groups in total. The molecule has 0 radical (unpaired) electrons. The SMILES string of the molecule is CCNC(=NCc1ccc(S(=O)(=O)N2CCCC(C)C2)cc1)NCc1cccs1. The topological polar surface area (TPSA) is 73.8 Å². The zero-order valence-corrected chi connectivity index (χ0v) is 18.7. The van der Waals surface area contributed by atoms with Crippen molar-refractivity contribution in [3.63, 3.8) is 0 Å². The van der Waals surface area contributed by atoms with E-state index in [0.29, 0.717) is 30.4 Å². The van der Waals surface area contributed by atoms with Crippen molar-refractivity contribution in [2.75, 3.05) is 19.6 Å². The van der Waals surface area contributed by atoms with Gasteiger partial charge in [-0.2, -0.15) is 4.31 Å². The number of nitrogens with zero attached hydrogens (tertiary/aromatic N) is 2. The van der Waals surface area contributed by atoms with Crippen LogP contribution in [0.5, 0.6) is 0 Å². The van der Waals surface area contributed by atoms with E-state index in [4.69, 9.17) is 0 Å². The minimum Gasteiger partial charge on any atom is -0.357 e. The summed E-state index contributed by atoms with van der Waals surface area (Å²) in [4.78, 5) is 6.22. The Bertz CT molecular complexity index is 893. The van der Waals surface area contributed by atoms with E-state index in [1.54, 1.807) is 27.8 Å². The second kappa shape index (κ2) is 10.2. The molecular weight excluding hydrogens is 404 g/mol. The lowest BCUT2D eigenvalue weighted by molar-refractivity contribution is 0.281. The molecule has 1 aromatic heterocycles. The highest BCUT2D eigenvalue weighted by atomic mass is 32.2. The summed E-state index contributed by atoms with van der Waals surface area (Å²) >= 11 is 1.71. The minimum absolute atomic E-state index is 0.363. The Labute approximate surface area is 178 Å². The monoisotopic (exact) mass is 434 g/mol. The van der Waals surface area contributed by atoms with E-state index in [0.717, 1.165) is 37.5 Å². The van der Waals surface area contributed by atoms with E-state index < -0.39 is 10.0 Å². The van der Waals surface area contributed by atoms with Crippen LogP contribution in [0.4, 0.5) is 0 Å². The molecule has 0 aliphatic carbocycles. The van der Waals surface area contributed by atoms with Gasteiger partial charge in [0.05, 0.1) is 18.0 Å². The molecule has 0 bridgehead atoms. The minimum atomic E-state index is -3.41. The molecule has 6 nitrogen and oxygen atoms in total. The summed E-state index contributed by atoms with van der Waals surface area (Å²) < 4.78 is 27.4. The molecule has 1 saturated heterocycles. The average Bonchev–Trinajstić information content (AvgIpc) is 3.24. The van der Waals surface area contributed by atoms with Gasteiger partial charge in [-0.25, -0.2) is 13.4 Å². The maximum absolute atomic E-state index is 12.9. The summed E-state index contributed by atoms with van der Waals surface area (Å²) in [7, 11) is -3.41. The van der Waals surface area contributed by atoms with E-state index >= 15 is 0 Å². The molecule has 8 heteroatoms. The summed E-state index contributed by atoms with van der Waals surface area (Å²) in [6.45, 7) is 7.36. The molecule has 3 rings (SSSR count). The van der Waals surface area contributed by atoms with Crippen LogP contribution in [0.25, 0.3) is 0 Å². The van der Waals surface area contributed by atoms with Gasteiger partial charge in [-0.3, -0.25) is 0 Å². The third kappa shape index (κ3) is 6.04. The summed E-state index contributed by atoms with van der Waals surface area (Å²) in [6, 6.07) is 11.2. The van der Waals surface area contributed by atoms with E-state index in [-0.39, 0.29) is 0 Å². The summed E-state index contributed by atoms with van der Waals surface area (Å²) in [5, 5.41) is 8.62. The summed E-state index contributed by atoms with van der Waals surface area (Å²) in [6.07, 6.45) is 2.02. The molecule has 1 aliphatic rings. The van der Waals surface area contributed by atoms with Gasteiger partial charge in [0.1, 0.15) is 0 Å². The molecule has 0 saturated carbocycles. The highest BCUT2D eigenvalue weighted by Gasteiger charge is 2.28. The molecule has 158 valence electrons. The van der Waals surface area contributed by atoms with Crippen LogP contribution in [0.2, 0.25) is 0 Å². The van der Waals surface area contributed by atoms with Gasteiger partial charge in [0.2, 0.25) is 10.0 Å². The lowest BCUT2D eigenvalue weighted by Gasteiger charge is -2.30. The van der Waals surface area contributed by atoms with Gasteiger partial charge in [-0.15, -0.1) is 11.3 Å². The highest BCUT2D eigenvalue weighted by Crippen LogP contribution is 2.23. The van der Waals surface area contributed by atoms with Crippen LogP contribution in [-0.2, 0) is 23.1 Å². The summed E-state index contributed by atoms with van der Waals surface area (Å²) in [5.41, 5.74) is 0.976. The van der Waals surface area contributed by atoms with Gasteiger partial charge in [0.25, 0.3) is 0 Å². The van der Waals surface area contributed by atoms with E-state index in [1.807, 2.05) is 25.1 Å². The lowest BCUT2D eigenvalue weighted by atomic mass is 10.0. The molecule has 0 amide bonds. The van der Waals surface area contributed by atoms with Crippen LogP contribution < -0.4 is 10.6 Å². The third-order valence-electron chi connectivity index (χ3n) is 4.96. The number of nitrogens with one attached hydrogen (secondary N) is 2. The van der Waals surface area contributed by atoms with Gasteiger partial charge in [-0.05, 0) is 54.8 Å². The largest absolute Gasteiger partial charge is 0.357 e. The van der Waals surface area contributed by atoms with E-state index in [9.17, 15) is 8.42 Å². The van der Waals surface area contributed by atoms with Crippen molar-refractivity contribution < 1.29 is 8.42 Å². The molecule has 2 aromatic rings. The van der Waals surface area contributed by atoms with E-state index in [2.05, 4.69) is 34.0 Å². The van der Waals surface area contributed by atoms with Crippen LogP contribution in [0, 0.1) is 5.92 Å². The molecule has 1 fully saturated rings. The van der Waals surface area contributed by atoms with Crippen LogP contribution in [0.15, 0.2) is 51.7 Å². The molecule has 29 heavy (non-hydrogen) atoms. The predicted molar refractivity (Wildman–Crippen MR) is 120 cm³/mol. The quantitative estimate of drug-likeness (QED) is 0.517.